The lowest BCUT2D eigenvalue weighted by Gasteiger charge is -2.23. The predicted octanol–water partition coefficient (Wildman–Crippen LogP) is -0.637. The summed E-state index contributed by atoms with van der Waals surface area (Å²) in [5.74, 6) is 0.401. The summed E-state index contributed by atoms with van der Waals surface area (Å²) in [6.45, 7) is 5.97. The molecule has 0 bridgehead atoms. The van der Waals surface area contributed by atoms with Gasteiger partial charge in [0.15, 0.2) is 0 Å². The van der Waals surface area contributed by atoms with Gasteiger partial charge in [-0.3, -0.25) is 14.5 Å². The molecule has 2 aliphatic heterocycles. The van der Waals surface area contributed by atoms with Crippen LogP contribution in [0.3, 0.4) is 0 Å². The van der Waals surface area contributed by atoms with Crippen LogP contribution in [0.2, 0.25) is 0 Å². The van der Waals surface area contributed by atoms with Crippen molar-refractivity contribution >= 4 is 11.8 Å². The van der Waals surface area contributed by atoms with Crippen LogP contribution in [0.4, 0.5) is 0 Å². The van der Waals surface area contributed by atoms with E-state index in [4.69, 9.17) is 0 Å². The van der Waals surface area contributed by atoms with Crippen molar-refractivity contribution in [3.8, 4) is 0 Å². The molecular formula is C14H26N4O2. The molecule has 2 fully saturated rings. The zero-order valence-electron chi connectivity index (χ0n) is 12.4. The Bertz CT molecular complexity index is 342. The van der Waals surface area contributed by atoms with Gasteiger partial charge in [0.2, 0.25) is 11.8 Å². The zero-order valence-corrected chi connectivity index (χ0v) is 12.4. The fraction of sp³-hybridized carbons (Fsp3) is 0.857. The minimum absolute atomic E-state index is 0.153. The van der Waals surface area contributed by atoms with Crippen LogP contribution in [-0.4, -0.2) is 85.9 Å². The summed E-state index contributed by atoms with van der Waals surface area (Å²) in [5.41, 5.74) is 0. The molecule has 0 atom stereocenters. The summed E-state index contributed by atoms with van der Waals surface area (Å²) in [6, 6.07) is 0. The van der Waals surface area contributed by atoms with Gasteiger partial charge in [-0.25, -0.2) is 0 Å². The quantitative estimate of drug-likeness (QED) is 0.745. The number of likely N-dealkylation sites (tertiary alicyclic amines) is 1. The fourth-order valence-corrected chi connectivity index (χ4v) is 2.90. The van der Waals surface area contributed by atoms with E-state index in [-0.39, 0.29) is 11.8 Å². The van der Waals surface area contributed by atoms with E-state index in [0.717, 1.165) is 58.5 Å². The maximum absolute atomic E-state index is 12.1. The van der Waals surface area contributed by atoms with Gasteiger partial charge in [0.05, 0.1) is 13.1 Å². The van der Waals surface area contributed by atoms with E-state index < -0.39 is 0 Å². The third-order valence-corrected chi connectivity index (χ3v) is 4.09. The lowest BCUT2D eigenvalue weighted by atomic mass is 10.3. The van der Waals surface area contributed by atoms with Gasteiger partial charge < -0.3 is 15.1 Å². The topological polar surface area (TPSA) is 55.9 Å². The molecule has 0 aromatic carbocycles. The Kier molecular flexibility index (Phi) is 5.79. The van der Waals surface area contributed by atoms with E-state index in [1.807, 2.05) is 9.80 Å². The van der Waals surface area contributed by atoms with E-state index >= 15 is 0 Å². The Morgan fingerprint density at radius 1 is 0.850 bits per heavy atom. The zero-order chi connectivity index (χ0) is 14.4. The first-order valence-corrected chi connectivity index (χ1v) is 7.63. The van der Waals surface area contributed by atoms with Crippen molar-refractivity contribution in [2.45, 2.75) is 19.3 Å². The smallest absolute Gasteiger partial charge is 0.236 e. The van der Waals surface area contributed by atoms with Crippen molar-refractivity contribution in [3.63, 3.8) is 0 Å². The molecule has 0 saturated carbocycles. The number of amides is 2. The Balaban J connectivity index is 1.77. The molecule has 2 heterocycles. The van der Waals surface area contributed by atoms with Crippen molar-refractivity contribution in [2.24, 2.45) is 0 Å². The summed E-state index contributed by atoms with van der Waals surface area (Å²) in [7, 11) is 1.79. The second-order valence-corrected chi connectivity index (χ2v) is 5.63. The number of carbonyl (C=O) groups excluding carboxylic acids is 2. The van der Waals surface area contributed by atoms with Crippen LogP contribution in [0.1, 0.15) is 19.3 Å². The van der Waals surface area contributed by atoms with Crippen LogP contribution in [0, 0.1) is 0 Å². The van der Waals surface area contributed by atoms with Crippen molar-refractivity contribution in [1.29, 1.82) is 0 Å². The molecule has 6 nitrogen and oxygen atoms in total. The lowest BCUT2D eigenvalue weighted by molar-refractivity contribution is -0.131. The standard InChI is InChI=1S/C14H26N4O2/c1-15-11-13(19)18-8-4-5-16(9-10-18)12-14(20)17-6-2-3-7-17/h15H,2-12H2,1H3. The number of carbonyl (C=O) groups is 2. The number of likely N-dealkylation sites (N-methyl/N-ethyl adjacent to an activating group) is 1. The van der Waals surface area contributed by atoms with Gasteiger partial charge in [0.1, 0.15) is 0 Å². The Morgan fingerprint density at radius 3 is 2.20 bits per heavy atom. The number of nitrogens with one attached hydrogen (secondary N) is 1. The molecule has 6 heteroatoms. The van der Waals surface area contributed by atoms with Crippen molar-refractivity contribution in [3.05, 3.63) is 0 Å². The van der Waals surface area contributed by atoms with Crippen LogP contribution < -0.4 is 5.32 Å². The minimum atomic E-state index is 0.153. The van der Waals surface area contributed by atoms with Crippen molar-refractivity contribution < 1.29 is 9.59 Å². The first-order valence-electron chi connectivity index (χ1n) is 7.63. The van der Waals surface area contributed by atoms with Crippen LogP contribution in [0.5, 0.6) is 0 Å². The highest BCUT2D eigenvalue weighted by atomic mass is 16.2. The summed E-state index contributed by atoms with van der Waals surface area (Å²) in [5, 5.41) is 2.90. The van der Waals surface area contributed by atoms with Gasteiger partial charge in [0, 0.05) is 39.3 Å². The molecule has 114 valence electrons. The van der Waals surface area contributed by atoms with E-state index in [9.17, 15) is 9.59 Å². The molecule has 20 heavy (non-hydrogen) atoms. The molecule has 2 amide bonds. The van der Waals surface area contributed by atoms with Gasteiger partial charge >= 0.3 is 0 Å². The molecule has 1 N–H and O–H groups in total. The number of nitrogens with zero attached hydrogens (tertiary/aromatic N) is 3. The first-order chi connectivity index (χ1) is 9.70. The highest BCUT2D eigenvalue weighted by molar-refractivity contribution is 5.79. The third kappa shape index (κ3) is 4.18. The largest absolute Gasteiger partial charge is 0.342 e. The number of rotatable bonds is 4. The normalized spacial score (nSPS) is 21.1. The highest BCUT2D eigenvalue weighted by Crippen LogP contribution is 2.09. The molecule has 0 aromatic heterocycles. The summed E-state index contributed by atoms with van der Waals surface area (Å²) >= 11 is 0. The summed E-state index contributed by atoms with van der Waals surface area (Å²) in [4.78, 5) is 30.1. The SMILES string of the molecule is CNCC(=O)N1CCCN(CC(=O)N2CCCC2)CC1. The van der Waals surface area contributed by atoms with E-state index in [1.165, 1.54) is 0 Å². The van der Waals surface area contributed by atoms with E-state index in [1.54, 1.807) is 7.05 Å². The van der Waals surface area contributed by atoms with Crippen LogP contribution in [0.15, 0.2) is 0 Å². The Labute approximate surface area is 121 Å². The van der Waals surface area contributed by atoms with Gasteiger partial charge in [-0.2, -0.15) is 0 Å². The molecule has 2 saturated heterocycles. The summed E-state index contributed by atoms with van der Waals surface area (Å²) in [6.07, 6.45) is 3.22. The third-order valence-electron chi connectivity index (χ3n) is 4.09. The Hall–Kier alpha value is -1.14. The van der Waals surface area contributed by atoms with Crippen LogP contribution >= 0.6 is 0 Å². The number of hydrogen-bond donors (Lipinski definition) is 1. The predicted molar refractivity (Wildman–Crippen MR) is 77.4 cm³/mol. The highest BCUT2D eigenvalue weighted by Gasteiger charge is 2.23. The van der Waals surface area contributed by atoms with Gasteiger partial charge in [0.25, 0.3) is 0 Å². The monoisotopic (exact) mass is 282 g/mol. The number of hydrogen-bond acceptors (Lipinski definition) is 4. The second-order valence-electron chi connectivity index (χ2n) is 5.63. The average molecular weight is 282 g/mol. The van der Waals surface area contributed by atoms with Gasteiger partial charge in [-0.15, -0.1) is 0 Å². The van der Waals surface area contributed by atoms with Crippen molar-refractivity contribution in [1.82, 2.24) is 20.0 Å². The molecule has 0 radical (unpaired) electrons. The second kappa shape index (κ2) is 7.59. The maximum atomic E-state index is 12.1. The maximum Gasteiger partial charge on any atom is 0.236 e. The average Bonchev–Trinajstić information content (AvgIpc) is 2.87. The molecule has 0 aromatic rings. The van der Waals surface area contributed by atoms with Crippen LogP contribution in [-0.2, 0) is 9.59 Å². The van der Waals surface area contributed by atoms with Gasteiger partial charge in [-0.1, -0.05) is 0 Å². The molecular weight excluding hydrogens is 256 g/mol. The molecule has 0 unspecified atom stereocenters. The molecule has 0 aliphatic carbocycles. The minimum Gasteiger partial charge on any atom is -0.342 e. The fourth-order valence-electron chi connectivity index (χ4n) is 2.90. The first kappa shape index (κ1) is 15.3. The van der Waals surface area contributed by atoms with Crippen molar-refractivity contribution in [2.75, 3.05) is 59.4 Å². The lowest BCUT2D eigenvalue weighted by Crippen LogP contribution is -2.42. The van der Waals surface area contributed by atoms with Gasteiger partial charge in [-0.05, 0) is 26.3 Å². The Morgan fingerprint density at radius 2 is 1.50 bits per heavy atom. The molecule has 2 aliphatic rings. The summed E-state index contributed by atoms with van der Waals surface area (Å²) < 4.78 is 0. The molecule has 2 rings (SSSR count). The molecule has 0 spiro atoms. The van der Waals surface area contributed by atoms with E-state index in [0.29, 0.717) is 13.1 Å². The van der Waals surface area contributed by atoms with E-state index in [2.05, 4.69) is 10.2 Å². The van der Waals surface area contributed by atoms with Crippen LogP contribution in [0.25, 0.3) is 0 Å².